The van der Waals surface area contributed by atoms with Gasteiger partial charge in [-0.3, -0.25) is 4.79 Å². The molecule has 1 aromatic carbocycles. The summed E-state index contributed by atoms with van der Waals surface area (Å²) in [6, 6.07) is 5.71. The van der Waals surface area contributed by atoms with Crippen LogP contribution in [0.15, 0.2) is 29.2 Å². The molecule has 0 unspecified atom stereocenters. The standard InChI is InChI=1S/C13H15NO2/c1-8(2)10-7-11-9(6-12(10)16-3)4-5-14-13(11)15/h4-8H,1-3H3,(H,14,15). The molecule has 0 aliphatic rings. The van der Waals surface area contributed by atoms with Gasteiger partial charge < -0.3 is 9.72 Å². The molecule has 0 aliphatic heterocycles. The summed E-state index contributed by atoms with van der Waals surface area (Å²) in [6.07, 6.45) is 1.65. The number of hydrogen-bond acceptors (Lipinski definition) is 2. The van der Waals surface area contributed by atoms with Gasteiger partial charge in [-0.15, -0.1) is 0 Å². The number of H-pyrrole nitrogens is 1. The van der Waals surface area contributed by atoms with E-state index in [9.17, 15) is 4.79 Å². The van der Waals surface area contributed by atoms with Crippen LogP contribution in [0.2, 0.25) is 0 Å². The second-order valence-electron chi connectivity index (χ2n) is 4.14. The maximum absolute atomic E-state index is 11.7. The first-order chi connectivity index (χ1) is 7.63. The van der Waals surface area contributed by atoms with E-state index in [0.717, 1.165) is 16.7 Å². The second kappa shape index (κ2) is 4.00. The van der Waals surface area contributed by atoms with E-state index in [2.05, 4.69) is 18.8 Å². The number of rotatable bonds is 2. The summed E-state index contributed by atoms with van der Waals surface area (Å²) in [5.74, 6) is 1.17. The maximum atomic E-state index is 11.7. The minimum atomic E-state index is -0.0537. The zero-order valence-electron chi connectivity index (χ0n) is 9.70. The number of benzene rings is 1. The van der Waals surface area contributed by atoms with Gasteiger partial charge in [0, 0.05) is 11.6 Å². The van der Waals surface area contributed by atoms with Crippen LogP contribution < -0.4 is 10.3 Å². The highest BCUT2D eigenvalue weighted by atomic mass is 16.5. The zero-order valence-corrected chi connectivity index (χ0v) is 9.70. The van der Waals surface area contributed by atoms with Crippen LogP contribution in [0, 0.1) is 0 Å². The first kappa shape index (κ1) is 10.7. The molecule has 3 heteroatoms. The Labute approximate surface area is 94.1 Å². The predicted octanol–water partition coefficient (Wildman–Crippen LogP) is 2.66. The molecule has 16 heavy (non-hydrogen) atoms. The van der Waals surface area contributed by atoms with Gasteiger partial charge in [-0.05, 0) is 35.1 Å². The molecule has 0 amide bonds. The molecule has 3 nitrogen and oxygen atoms in total. The summed E-state index contributed by atoms with van der Waals surface area (Å²) in [5.41, 5.74) is 1.01. The number of pyridine rings is 1. The van der Waals surface area contributed by atoms with Gasteiger partial charge in [0.1, 0.15) is 5.75 Å². The number of ether oxygens (including phenoxy) is 1. The monoisotopic (exact) mass is 217 g/mol. The minimum absolute atomic E-state index is 0.0537. The van der Waals surface area contributed by atoms with E-state index in [1.807, 2.05) is 18.2 Å². The molecule has 0 aliphatic carbocycles. The van der Waals surface area contributed by atoms with Crippen molar-refractivity contribution in [2.45, 2.75) is 19.8 Å². The molecule has 2 aromatic rings. The lowest BCUT2D eigenvalue weighted by molar-refractivity contribution is 0.408. The molecule has 0 saturated heterocycles. The van der Waals surface area contributed by atoms with Gasteiger partial charge in [0.2, 0.25) is 0 Å². The van der Waals surface area contributed by atoms with Crippen molar-refractivity contribution >= 4 is 10.8 Å². The van der Waals surface area contributed by atoms with Gasteiger partial charge in [-0.25, -0.2) is 0 Å². The molecule has 2 rings (SSSR count). The number of fused-ring (bicyclic) bond motifs is 1. The van der Waals surface area contributed by atoms with Gasteiger partial charge in [0.25, 0.3) is 5.56 Å². The molecule has 0 fully saturated rings. The molecule has 0 atom stereocenters. The fraction of sp³-hybridized carbons (Fsp3) is 0.308. The lowest BCUT2D eigenvalue weighted by Gasteiger charge is -2.12. The Morgan fingerprint density at radius 3 is 2.69 bits per heavy atom. The summed E-state index contributed by atoms with van der Waals surface area (Å²) in [5, 5.41) is 1.62. The highest BCUT2D eigenvalue weighted by molar-refractivity contribution is 5.84. The van der Waals surface area contributed by atoms with E-state index in [0.29, 0.717) is 11.3 Å². The topological polar surface area (TPSA) is 42.1 Å². The first-order valence-corrected chi connectivity index (χ1v) is 5.33. The van der Waals surface area contributed by atoms with Crippen molar-refractivity contribution in [1.82, 2.24) is 4.98 Å². The fourth-order valence-corrected chi connectivity index (χ4v) is 1.86. The second-order valence-corrected chi connectivity index (χ2v) is 4.14. The van der Waals surface area contributed by atoms with Gasteiger partial charge in [-0.1, -0.05) is 13.8 Å². The van der Waals surface area contributed by atoms with E-state index in [1.165, 1.54) is 0 Å². The Kier molecular flexibility index (Phi) is 2.69. The molecule has 1 aromatic heterocycles. The third-order valence-electron chi connectivity index (χ3n) is 2.75. The summed E-state index contributed by atoms with van der Waals surface area (Å²) >= 11 is 0. The average molecular weight is 217 g/mol. The van der Waals surface area contributed by atoms with E-state index in [4.69, 9.17) is 4.74 Å². The third-order valence-corrected chi connectivity index (χ3v) is 2.75. The van der Waals surface area contributed by atoms with E-state index in [-0.39, 0.29) is 5.56 Å². The van der Waals surface area contributed by atoms with Gasteiger partial charge in [0.15, 0.2) is 0 Å². The summed E-state index contributed by atoms with van der Waals surface area (Å²) in [6.45, 7) is 4.17. The summed E-state index contributed by atoms with van der Waals surface area (Å²) < 4.78 is 5.34. The van der Waals surface area contributed by atoms with Crippen LogP contribution in [0.5, 0.6) is 5.75 Å². The number of aromatic amines is 1. The molecule has 0 radical (unpaired) electrons. The highest BCUT2D eigenvalue weighted by Gasteiger charge is 2.10. The lowest BCUT2D eigenvalue weighted by atomic mass is 9.99. The Morgan fingerprint density at radius 2 is 2.06 bits per heavy atom. The number of aromatic nitrogens is 1. The SMILES string of the molecule is COc1cc2cc[nH]c(=O)c2cc1C(C)C. The van der Waals surface area contributed by atoms with Crippen molar-refractivity contribution in [3.63, 3.8) is 0 Å². The van der Waals surface area contributed by atoms with Gasteiger partial charge in [-0.2, -0.15) is 0 Å². The Balaban J connectivity index is 2.81. The number of methoxy groups -OCH3 is 1. The third kappa shape index (κ3) is 1.69. The van der Waals surface area contributed by atoms with Crippen molar-refractivity contribution in [2.75, 3.05) is 7.11 Å². The molecule has 0 bridgehead atoms. The van der Waals surface area contributed by atoms with Crippen molar-refractivity contribution in [3.8, 4) is 5.75 Å². The highest BCUT2D eigenvalue weighted by Crippen LogP contribution is 2.29. The van der Waals surface area contributed by atoms with E-state index in [1.54, 1.807) is 13.3 Å². The summed E-state index contributed by atoms with van der Waals surface area (Å²) in [7, 11) is 1.65. The maximum Gasteiger partial charge on any atom is 0.255 e. The molecule has 1 N–H and O–H groups in total. The van der Waals surface area contributed by atoms with Crippen LogP contribution in [-0.4, -0.2) is 12.1 Å². The van der Waals surface area contributed by atoms with Crippen molar-refractivity contribution in [1.29, 1.82) is 0 Å². The Morgan fingerprint density at radius 1 is 1.31 bits per heavy atom. The van der Waals surface area contributed by atoms with Crippen LogP contribution in [-0.2, 0) is 0 Å². The largest absolute Gasteiger partial charge is 0.496 e. The minimum Gasteiger partial charge on any atom is -0.496 e. The first-order valence-electron chi connectivity index (χ1n) is 5.33. The van der Waals surface area contributed by atoms with Crippen LogP contribution in [0.3, 0.4) is 0 Å². The Bertz CT molecular complexity index is 570. The Hall–Kier alpha value is -1.77. The molecular weight excluding hydrogens is 202 g/mol. The molecule has 84 valence electrons. The van der Waals surface area contributed by atoms with Crippen LogP contribution in [0.25, 0.3) is 10.8 Å². The van der Waals surface area contributed by atoms with Crippen molar-refractivity contribution in [2.24, 2.45) is 0 Å². The van der Waals surface area contributed by atoms with Crippen molar-refractivity contribution in [3.05, 3.63) is 40.3 Å². The van der Waals surface area contributed by atoms with Crippen LogP contribution >= 0.6 is 0 Å². The zero-order chi connectivity index (χ0) is 11.7. The molecule has 0 saturated carbocycles. The normalized spacial score (nSPS) is 11.0. The predicted molar refractivity (Wildman–Crippen MR) is 65.2 cm³/mol. The number of hydrogen-bond donors (Lipinski definition) is 1. The van der Waals surface area contributed by atoms with E-state index >= 15 is 0 Å². The lowest BCUT2D eigenvalue weighted by Crippen LogP contribution is -2.06. The molecule has 0 spiro atoms. The van der Waals surface area contributed by atoms with Crippen molar-refractivity contribution < 1.29 is 4.74 Å². The van der Waals surface area contributed by atoms with E-state index < -0.39 is 0 Å². The smallest absolute Gasteiger partial charge is 0.255 e. The van der Waals surface area contributed by atoms with Gasteiger partial charge >= 0.3 is 0 Å². The molecule has 1 heterocycles. The van der Waals surface area contributed by atoms with Crippen LogP contribution in [0.4, 0.5) is 0 Å². The summed E-state index contributed by atoms with van der Waals surface area (Å²) in [4.78, 5) is 14.3. The van der Waals surface area contributed by atoms with Gasteiger partial charge in [0.05, 0.1) is 7.11 Å². The average Bonchev–Trinajstić information content (AvgIpc) is 2.27. The number of nitrogens with one attached hydrogen (secondary N) is 1. The molecular formula is C13H15NO2. The van der Waals surface area contributed by atoms with Crippen LogP contribution in [0.1, 0.15) is 25.3 Å². The fourth-order valence-electron chi connectivity index (χ4n) is 1.86. The quantitative estimate of drug-likeness (QED) is 0.840.